The molecule has 1 heterocycles. The van der Waals surface area contributed by atoms with Gasteiger partial charge in [0.15, 0.2) is 0 Å². The van der Waals surface area contributed by atoms with E-state index in [4.69, 9.17) is 0 Å². The van der Waals surface area contributed by atoms with Gasteiger partial charge in [-0.05, 0) is 36.5 Å². The summed E-state index contributed by atoms with van der Waals surface area (Å²) in [6.45, 7) is 8.12. The average Bonchev–Trinajstić information content (AvgIpc) is 3.09. The molecule has 0 spiro atoms. The minimum atomic E-state index is 0.317. The van der Waals surface area contributed by atoms with Gasteiger partial charge in [0, 0.05) is 37.8 Å². The quantitative estimate of drug-likeness (QED) is 0.850. The van der Waals surface area contributed by atoms with E-state index in [9.17, 15) is 4.79 Å². The van der Waals surface area contributed by atoms with Gasteiger partial charge in [-0.3, -0.25) is 4.79 Å². The molecule has 2 aliphatic rings. The Bertz CT molecular complexity index is 495. The number of nitrogens with zero attached hydrogens (tertiary/aromatic N) is 2. The highest BCUT2D eigenvalue weighted by Crippen LogP contribution is 2.27. The topological polar surface area (TPSA) is 23.6 Å². The normalized spacial score (nSPS) is 20.0. The maximum atomic E-state index is 12.5. The highest BCUT2D eigenvalue weighted by Gasteiger charge is 2.29. The molecule has 0 radical (unpaired) electrons. The second-order valence-electron chi connectivity index (χ2n) is 7.04. The Kier molecular flexibility index (Phi) is 4.70. The third-order valence-corrected chi connectivity index (χ3v) is 5.22. The molecule has 3 heteroatoms. The first-order chi connectivity index (χ1) is 10.6. The Morgan fingerprint density at radius 3 is 2.14 bits per heavy atom. The molecule has 1 aliphatic heterocycles. The van der Waals surface area contributed by atoms with E-state index in [1.54, 1.807) is 0 Å². The van der Waals surface area contributed by atoms with Crippen LogP contribution < -0.4 is 4.90 Å². The lowest BCUT2D eigenvalue weighted by Gasteiger charge is -2.37. The molecular formula is C19H28N2O. The van der Waals surface area contributed by atoms with E-state index in [0.29, 0.717) is 17.7 Å². The van der Waals surface area contributed by atoms with Gasteiger partial charge in [0.25, 0.3) is 0 Å². The minimum Gasteiger partial charge on any atom is -0.368 e. The fourth-order valence-corrected chi connectivity index (χ4v) is 3.69. The van der Waals surface area contributed by atoms with Gasteiger partial charge in [0.05, 0.1) is 0 Å². The van der Waals surface area contributed by atoms with Gasteiger partial charge in [-0.2, -0.15) is 0 Å². The van der Waals surface area contributed by atoms with Crippen LogP contribution in [0.5, 0.6) is 0 Å². The van der Waals surface area contributed by atoms with Crippen LogP contribution in [-0.4, -0.2) is 37.0 Å². The van der Waals surface area contributed by atoms with Gasteiger partial charge in [0.2, 0.25) is 5.91 Å². The smallest absolute Gasteiger partial charge is 0.225 e. The Hall–Kier alpha value is -1.51. The molecular weight excluding hydrogens is 272 g/mol. The number of anilines is 1. The number of carbonyl (C=O) groups is 1. The van der Waals surface area contributed by atoms with Crippen molar-refractivity contribution in [3.63, 3.8) is 0 Å². The van der Waals surface area contributed by atoms with Crippen LogP contribution >= 0.6 is 0 Å². The van der Waals surface area contributed by atoms with Crippen LogP contribution in [0.4, 0.5) is 5.69 Å². The molecule has 0 atom stereocenters. The van der Waals surface area contributed by atoms with E-state index in [0.717, 1.165) is 39.0 Å². The molecule has 1 aliphatic carbocycles. The van der Waals surface area contributed by atoms with Gasteiger partial charge in [-0.15, -0.1) is 0 Å². The van der Waals surface area contributed by atoms with E-state index in [-0.39, 0.29) is 0 Å². The van der Waals surface area contributed by atoms with Crippen molar-refractivity contribution in [2.24, 2.45) is 5.92 Å². The van der Waals surface area contributed by atoms with Crippen LogP contribution in [-0.2, 0) is 4.79 Å². The zero-order chi connectivity index (χ0) is 15.5. The molecule has 0 unspecified atom stereocenters. The monoisotopic (exact) mass is 300 g/mol. The van der Waals surface area contributed by atoms with Crippen LogP contribution in [0.1, 0.15) is 51.0 Å². The van der Waals surface area contributed by atoms with Crippen molar-refractivity contribution in [1.82, 2.24) is 4.90 Å². The maximum absolute atomic E-state index is 12.5. The second-order valence-corrected chi connectivity index (χ2v) is 7.04. The summed E-state index contributed by atoms with van der Waals surface area (Å²) in [6, 6.07) is 8.92. The van der Waals surface area contributed by atoms with E-state index in [1.807, 2.05) is 0 Å². The Morgan fingerprint density at radius 1 is 1.00 bits per heavy atom. The fraction of sp³-hybridized carbons (Fsp3) is 0.632. The summed E-state index contributed by atoms with van der Waals surface area (Å²) in [7, 11) is 0. The van der Waals surface area contributed by atoms with Gasteiger partial charge < -0.3 is 9.80 Å². The molecule has 1 aromatic carbocycles. The Morgan fingerprint density at radius 2 is 1.59 bits per heavy atom. The lowest BCUT2D eigenvalue weighted by Crippen LogP contribution is -2.50. The predicted molar refractivity (Wildman–Crippen MR) is 91.3 cm³/mol. The Labute approximate surface area is 134 Å². The maximum Gasteiger partial charge on any atom is 0.225 e. The third kappa shape index (κ3) is 3.29. The van der Waals surface area contributed by atoms with E-state index < -0.39 is 0 Å². The summed E-state index contributed by atoms with van der Waals surface area (Å²) in [6.07, 6.45) is 4.68. The largest absolute Gasteiger partial charge is 0.368 e. The van der Waals surface area contributed by atoms with Crippen LogP contribution in [0.25, 0.3) is 0 Å². The molecule has 0 aromatic heterocycles. The molecule has 120 valence electrons. The molecule has 22 heavy (non-hydrogen) atoms. The van der Waals surface area contributed by atoms with Crippen molar-refractivity contribution in [3.8, 4) is 0 Å². The second kappa shape index (κ2) is 6.72. The van der Waals surface area contributed by atoms with E-state index >= 15 is 0 Å². The fourth-order valence-electron chi connectivity index (χ4n) is 3.69. The molecule has 1 amide bonds. The predicted octanol–water partition coefficient (Wildman–Crippen LogP) is 3.65. The summed E-state index contributed by atoms with van der Waals surface area (Å²) in [5.74, 6) is 1.30. The van der Waals surface area contributed by atoms with Gasteiger partial charge in [-0.25, -0.2) is 0 Å². The number of piperazine rings is 1. The highest BCUT2D eigenvalue weighted by molar-refractivity contribution is 5.79. The summed E-state index contributed by atoms with van der Waals surface area (Å²) in [5, 5.41) is 0. The number of carbonyl (C=O) groups excluding carboxylic acids is 1. The summed E-state index contributed by atoms with van der Waals surface area (Å²) in [4.78, 5) is 17.0. The molecule has 0 bridgehead atoms. The number of rotatable bonds is 3. The molecule has 0 N–H and O–H groups in total. The van der Waals surface area contributed by atoms with Crippen molar-refractivity contribution in [2.75, 3.05) is 31.1 Å². The van der Waals surface area contributed by atoms with E-state index in [1.165, 1.54) is 24.1 Å². The van der Waals surface area contributed by atoms with E-state index in [2.05, 4.69) is 47.9 Å². The molecule has 3 rings (SSSR count). The highest BCUT2D eigenvalue weighted by atomic mass is 16.2. The number of hydrogen-bond acceptors (Lipinski definition) is 2. The SMILES string of the molecule is CC(C)c1ccc(N2CCN(C(=O)C3CCCC3)CC2)cc1. The van der Waals surface area contributed by atoms with Crippen molar-refractivity contribution in [2.45, 2.75) is 45.4 Å². The lowest BCUT2D eigenvalue weighted by atomic mass is 10.0. The first-order valence-electron chi connectivity index (χ1n) is 8.79. The Balaban J connectivity index is 1.55. The molecule has 2 fully saturated rings. The number of amides is 1. The molecule has 1 saturated heterocycles. The van der Waals surface area contributed by atoms with Gasteiger partial charge in [-0.1, -0.05) is 38.8 Å². The lowest BCUT2D eigenvalue weighted by molar-refractivity contribution is -0.135. The molecule has 1 saturated carbocycles. The van der Waals surface area contributed by atoms with Crippen LogP contribution in [0.15, 0.2) is 24.3 Å². The molecule has 3 nitrogen and oxygen atoms in total. The van der Waals surface area contributed by atoms with Gasteiger partial charge in [0.1, 0.15) is 0 Å². The first-order valence-corrected chi connectivity index (χ1v) is 8.79. The number of benzene rings is 1. The average molecular weight is 300 g/mol. The summed E-state index contributed by atoms with van der Waals surface area (Å²) < 4.78 is 0. The van der Waals surface area contributed by atoms with Crippen LogP contribution in [0.2, 0.25) is 0 Å². The van der Waals surface area contributed by atoms with Crippen molar-refractivity contribution >= 4 is 11.6 Å². The number of hydrogen-bond donors (Lipinski definition) is 0. The third-order valence-electron chi connectivity index (χ3n) is 5.22. The molecule has 1 aromatic rings. The zero-order valence-electron chi connectivity index (χ0n) is 13.9. The standard InChI is InChI=1S/C19H28N2O/c1-15(2)16-7-9-18(10-8-16)20-11-13-21(14-12-20)19(22)17-5-3-4-6-17/h7-10,15,17H,3-6,11-14H2,1-2H3. The van der Waals surface area contributed by atoms with Crippen LogP contribution in [0.3, 0.4) is 0 Å². The van der Waals surface area contributed by atoms with Crippen molar-refractivity contribution < 1.29 is 4.79 Å². The summed E-state index contributed by atoms with van der Waals surface area (Å²) in [5.41, 5.74) is 2.68. The van der Waals surface area contributed by atoms with Crippen molar-refractivity contribution in [3.05, 3.63) is 29.8 Å². The minimum absolute atomic E-state index is 0.317. The van der Waals surface area contributed by atoms with Gasteiger partial charge >= 0.3 is 0 Å². The van der Waals surface area contributed by atoms with Crippen LogP contribution in [0, 0.1) is 5.92 Å². The van der Waals surface area contributed by atoms with Crippen molar-refractivity contribution in [1.29, 1.82) is 0 Å². The summed E-state index contributed by atoms with van der Waals surface area (Å²) >= 11 is 0. The zero-order valence-corrected chi connectivity index (χ0v) is 13.9. The first kappa shape index (κ1) is 15.4.